The monoisotopic (exact) mass is 476 g/mol. The van der Waals surface area contributed by atoms with Gasteiger partial charge < -0.3 is 23.8 Å². The predicted octanol–water partition coefficient (Wildman–Crippen LogP) is 2.20. The number of likely N-dealkylation sites (N-methyl/N-ethyl adjacent to an activating group) is 1. The second-order valence-corrected chi connectivity index (χ2v) is 9.70. The van der Waals surface area contributed by atoms with E-state index in [2.05, 4.69) is 4.72 Å². The SMILES string of the molecule is CN(C[C@H]1COc2ccccc2O1)C(=O)CCCNS(=O)(=O)c1ccc2c(c1)OCCCO2. The molecule has 0 saturated carbocycles. The van der Waals surface area contributed by atoms with Crippen LogP contribution in [0, 0.1) is 0 Å². The van der Waals surface area contributed by atoms with Crippen molar-refractivity contribution in [3.8, 4) is 23.0 Å². The topological polar surface area (TPSA) is 103 Å². The summed E-state index contributed by atoms with van der Waals surface area (Å²) < 4.78 is 50.4. The quantitative estimate of drug-likeness (QED) is 0.583. The first-order valence-corrected chi connectivity index (χ1v) is 12.4. The number of para-hydroxylation sites is 2. The van der Waals surface area contributed by atoms with Gasteiger partial charge in [0.05, 0.1) is 24.7 Å². The van der Waals surface area contributed by atoms with Crippen LogP contribution in [0.15, 0.2) is 47.4 Å². The van der Waals surface area contributed by atoms with Crippen molar-refractivity contribution < 1.29 is 32.2 Å². The summed E-state index contributed by atoms with van der Waals surface area (Å²) in [4.78, 5) is 14.2. The van der Waals surface area contributed by atoms with Crippen LogP contribution in [0.4, 0.5) is 0 Å². The van der Waals surface area contributed by atoms with Gasteiger partial charge in [0.2, 0.25) is 15.9 Å². The minimum Gasteiger partial charge on any atom is -0.490 e. The van der Waals surface area contributed by atoms with Gasteiger partial charge in [-0.25, -0.2) is 13.1 Å². The molecule has 0 bridgehead atoms. The van der Waals surface area contributed by atoms with E-state index in [-0.39, 0.29) is 29.9 Å². The molecule has 2 aliphatic rings. The Hall–Kier alpha value is -2.98. The Balaban J connectivity index is 1.22. The zero-order valence-corrected chi connectivity index (χ0v) is 19.3. The maximum atomic E-state index is 12.6. The van der Waals surface area contributed by atoms with Crippen LogP contribution < -0.4 is 23.7 Å². The van der Waals surface area contributed by atoms with Crippen LogP contribution in [-0.2, 0) is 14.8 Å². The second-order valence-electron chi connectivity index (χ2n) is 7.93. The Labute approximate surface area is 193 Å². The fourth-order valence-corrected chi connectivity index (χ4v) is 4.68. The van der Waals surface area contributed by atoms with E-state index in [9.17, 15) is 13.2 Å². The number of hydrogen-bond acceptors (Lipinski definition) is 7. The lowest BCUT2D eigenvalue weighted by Crippen LogP contribution is -2.41. The first-order valence-electron chi connectivity index (χ1n) is 10.9. The fourth-order valence-electron chi connectivity index (χ4n) is 3.59. The van der Waals surface area contributed by atoms with Gasteiger partial charge in [0.15, 0.2) is 29.1 Å². The maximum absolute atomic E-state index is 12.6. The number of nitrogens with zero attached hydrogens (tertiary/aromatic N) is 1. The van der Waals surface area contributed by atoms with Crippen molar-refractivity contribution in [1.82, 2.24) is 9.62 Å². The van der Waals surface area contributed by atoms with Crippen LogP contribution in [-0.4, -0.2) is 65.3 Å². The van der Waals surface area contributed by atoms with E-state index < -0.39 is 10.0 Å². The Kier molecular flexibility index (Phi) is 7.24. The third-order valence-electron chi connectivity index (χ3n) is 5.36. The average Bonchev–Trinajstić information content (AvgIpc) is 3.06. The molecule has 9 nitrogen and oxygen atoms in total. The summed E-state index contributed by atoms with van der Waals surface area (Å²) >= 11 is 0. The van der Waals surface area contributed by atoms with Crippen molar-refractivity contribution >= 4 is 15.9 Å². The predicted molar refractivity (Wildman–Crippen MR) is 120 cm³/mol. The van der Waals surface area contributed by atoms with Crippen LogP contribution in [0.25, 0.3) is 0 Å². The molecule has 1 N–H and O–H groups in total. The van der Waals surface area contributed by atoms with Crippen molar-refractivity contribution in [2.24, 2.45) is 0 Å². The number of amides is 1. The maximum Gasteiger partial charge on any atom is 0.240 e. The van der Waals surface area contributed by atoms with Crippen LogP contribution in [0.3, 0.4) is 0 Å². The lowest BCUT2D eigenvalue weighted by atomic mass is 10.2. The number of rotatable bonds is 8. The molecule has 0 radical (unpaired) electrons. The lowest BCUT2D eigenvalue weighted by Gasteiger charge is -2.29. The highest BCUT2D eigenvalue weighted by atomic mass is 32.2. The first-order chi connectivity index (χ1) is 15.9. The van der Waals surface area contributed by atoms with Gasteiger partial charge in [0.25, 0.3) is 0 Å². The van der Waals surface area contributed by atoms with Crippen molar-refractivity contribution in [2.45, 2.75) is 30.3 Å². The summed E-state index contributed by atoms with van der Waals surface area (Å²) in [6.45, 7) is 1.91. The molecule has 0 spiro atoms. The standard InChI is InChI=1S/C23H28N2O7S/c1-25(15-17-16-31-19-6-2-3-7-21(19)32-17)23(26)8-4-11-24-33(27,28)18-9-10-20-22(14-18)30-13-5-12-29-20/h2-3,6-7,9-10,14,17,24H,4-5,8,11-13,15-16H2,1H3/t17-/m0/s1. The number of sulfonamides is 1. The fraction of sp³-hybridized carbons (Fsp3) is 0.435. The van der Waals surface area contributed by atoms with E-state index in [1.54, 1.807) is 18.0 Å². The van der Waals surface area contributed by atoms with Crippen LogP contribution in [0.1, 0.15) is 19.3 Å². The van der Waals surface area contributed by atoms with Crippen molar-refractivity contribution in [3.05, 3.63) is 42.5 Å². The summed E-state index contributed by atoms with van der Waals surface area (Å²) in [5.74, 6) is 2.23. The van der Waals surface area contributed by atoms with E-state index >= 15 is 0 Å². The lowest BCUT2D eigenvalue weighted by molar-refractivity contribution is -0.131. The molecule has 0 unspecified atom stereocenters. The van der Waals surface area contributed by atoms with Gasteiger partial charge in [-0.15, -0.1) is 0 Å². The van der Waals surface area contributed by atoms with E-state index in [1.165, 1.54) is 12.1 Å². The summed E-state index contributed by atoms with van der Waals surface area (Å²) in [5, 5.41) is 0. The molecule has 33 heavy (non-hydrogen) atoms. The van der Waals surface area contributed by atoms with Crippen molar-refractivity contribution in [2.75, 3.05) is 40.0 Å². The second kappa shape index (κ2) is 10.3. The normalized spacial score (nSPS) is 17.2. The van der Waals surface area contributed by atoms with E-state index in [0.717, 1.165) is 6.42 Å². The number of hydrogen-bond donors (Lipinski definition) is 1. The minimum atomic E-state index is -3.72. The van der Waals surface area contributed by atoms with Gasteiger partial charge in [-0.1, -0.05) is 12.1 Å². The molecule has 1 atom stereocenters. The minimum absolute atomic E-state index is 0.0905. The first kappa shape index (κ1) is 23.2. The zero-order valence-electron chi connectivity index (χ0n) is 18.5. The molecular formula is C23H28N2O7S. The van der Waals surface area contributed by atoms with Crippen molar-refractivity contribution in [3.63, 3.8) is 0 Å². The Morgan fingerprint density at radius 1 is 1.03 bits per heavy atom. The number of nitrogens with one attached hydrogen (secondary N) is 1. The van der Waals surface area contributed by atoms with Crippen LogP contribution in [0.2, 0.25) is 0 Å². The van der Waals surface area contributed by atoms with E-state index in [4.69, 9.17) is 18.9 Å². The Morgan fingerprint density at radius 3 is 2.58 bits per heavy atom. The summed E-state index contributed by atoms with van der Waals surface area (Å²) in [6, 6.07) is 12.0. The van der Waals surface area contributed by atoms with Crippen LogP contribution in [0.5, 0.6) is 23.0 Å². The highest BCUT2D eigenvalue weighted by molar-refractivity contribution is 7.89. The number of fused-ring (bicyclic) bond motifs is 2. The molecule has 0 aromatic heterocycles. The molecule has 2 aromatic rings. The molecule has 4 rings (SSSR count). The zero-order chi connectivity index (χ0) is 23.3. The largest absolute Gasteiger partial charge is 0.490 e. The van der Waals surface area contributed by atoms with Gasteiger partial charge in [-0.05, 0) is 30.7 Å². The van der Waals surface area contributed by atoms with E-state index in [0.29, 0.717) is 55.8 Å². The van der Waals surface area contributed by atoms with Gasteiger partial charge in [-0.2, -0.15) is 0 Å². The summed E-state index contributed by atoms with van der Waals surface area (Å²) in [6.07, 6.45) is 1.07. The smallest absolute Gasteiger partial charge is 0.240 e. The molecule has 1 amide bonds. The molecule has 0 fully saturated rings. The average molecular weight is 477 g/mol. The van der Waals surface area contributed by atoms with Gasteiger partial charge in [0, 0.05) is 32.5 Å². The third kappa shape index (κ3) is 5.88. The molecule has 10 heteroatoms. The number of ether oxygens (including phenoxy) is 4. The molecule has 178 valence electrons. The van der Waals surface area contributed by atoms with Gasteiger partial charge >= 0.3 is 0 Å². The molecule has 0 saturated heterocycles. The number of benzene rings is 2. The highest BCUT2D eigenvalue weighted by Gasteiger charge is 2.24. The Morgan fingerprint density at radius 2 is 1.76 bits per heavy atom. The van der Waals surface area contributed by atoms with Crippen molar-refractivity contribution in [1.29, 1.82) is 0 Å². The summed E-state index contributed by atoms with van der Waals surface area (Å²) in [7, 11) is -2.02. The molecule has 0 aliphatic carbocycles. The third-order valence-corrected chi connectivity index (χ3v) is 6.82. The van der Waals surface area contributed by atoms with Gasteiger partial charge in [0.1, 0.15) is 6.61 Å². The number of carbonyl (C=O) groups excluding carboxylic acids is 1. The highest BCUT2D eigenvalue weighted by Crippen LogP contribution is 2.32. The van der Waals surface area contributed by atoms with Crippen LogP contribution >= 0.6 is 0 Å². The Bertz CT molecular complexity index is 1090. The molecular weight excluding hydrogens is 448 g/mol. The van der Waals surface area contributed by atoms with E-state index in [1.807, 2.05) is 24.3 Å². The molecule has 2 aromatic carbocycles. The van der Waals surface area contributed by atoms with Gasteiger partial charge in [-0.3, -0.25) is 4.79 Å². The summed E-state index contributed by atoms with van der Waals surface area (Å²) in [5.41, 5.74) is 0. The number of carbonyl (C=O) groups is 1. The molecule has 2 aliphatic heterocycles. The molecule has 2 heterocycles.